The lowest BCUT2D eigenvalue weighted by Gasteiger charge is -2.20. The molecule has 0 radical (unpaired) electrons. The molecule has 8 heteroatoms. The van der Waals surface area contributed by atoms with Gasteiger partial charge < -0.3 is 20.6 Å². The van der Waals surface area contributed by atoms with Gasteiger partial charge in [0.25, 0.3) is 0 Å². The third-order valence-corrected chi connectivity index (χ3v) is 7.03. The summed E-state index contributed by atoms with van der Waals surface area (Å²) in [6.07, 6.45) is 2.01. The molecule has 3 aromatic carbocycles. The van der Waals surface area contributed by atoms with E-state index < -0.39 is 18.5 Å². The first-order valence-electron chi connectivity index (χ1n) is 13.3. The predicted octanol–water partition coefficient (Wildman–Crippen LogP) is 7.17. The zero-order valence-electron chi connectivity index (χ0n) is 23.2. The van der Waals surface area contributed by atoms with Gasteiger partial charge in [-0.1, -0.05) is 75.4 Å². The average molecular weight is 557 g/mol. The number of thiazole rings is 1. The number of carboxylic acids is 1. The second-order valence-corrected chi connectivity index (χ2v) is 11.9. The summed E-state index contributed by atoms with van der Waals surface area (Å²) in [7, 11) is 0. The van der Waals surface area contributed by atoms with Gasteiger partial charge in [0.05, 0.1) is 12.2 Å². The SMILES string of the molecule is CC(C)(C)Cc1ccc(CCNc2ccc(-c3csc(CN(CC(=O)O)C(=O)Nc4ccccc4)n3)cc2)cc1. The number of carboxylic acid groups (broad SMARTS) is 1. The number of aliphatic carboxylic acids is 1. The lowest BCUT2D eigenvalue weighted by Crippen LogP contribution is -2.38. The molecule has 1 heterocycles. The number of nitrogens with zero attached hydrogens (tertiary/aromatic N) is 2. The van der Waals surface area contributed by atoms with Gasteiger partial charge in [-0.15, -0.1) is 11.3 Å². The maximum absolute atomic E-state index is 12.7. The van der Waals surface area contributed by atoms with Crippen LogP contribution in [-0.4, -0.2) is 40.1 Å². The van der Waals surface area contributed by atoms with Crippen molar-refractivity contribution in [1.29, 1.82) is 0 Å². The van der Waals surface area contributed by atoms with Gasteiger partial charge in [-0.25, -0.2) is 9.78 Å². The zero-order chi connectivity index (χ0) is 28.5. The minimum Gasteiger partial charge on any atom is -0.480 e. The Morgan fingerprint density at radius 3 is 2.23 bits per heavy atom. The van der Waals surface area contributed by atoms with E-state index in [1.165, 1.54) is 27.4 Å². The van der Waals surface area contributed by atoms with Crippen molar-refractivity contribution in [2.45, 2.75) is 40.2 Å². The first-order valence-corrected chi connectivity index (χ1v) is 14.2. The van der Waals surface area contributed by atoms with Crippen molar-refractivity contribution in [3.05, 3.63) is 100 Å². The molecule has 7 nitrogen and oxygen atoms in total. The number of urea groups is 1. The Balaban J connectivity index is 1.30. The first kappa shape index (κ1) is 28.8. The van der Waals surface area contributed by atoms with Gasteiger partial charge in [-0.05, 0) is 53.6 Å². The Labute approximate surface area is 239 Å². The molecule has 4 aromatic rings. The summed E-state index contributed by atoms with van der Waals surface area (Å²) in [5.41, 5.74) is 6.36. The molecule has 2 amide bonds. The van der Waals surface area contributed by atoms with Crippen LogP contribution in [0.3, 0.4) is 0 Å². The van der Waals surface area contributed by atoms with Crippen LogP contribution in [0.25, 0.3) is 11.3 Å². The van der Waals surface area contributed by atoms with E-state index in [1.807, 2.05) is 35.7 Å². The van der Waals surface area contributed by atoms with Crippen LogP contribution in [0.5, 0.6) is 0 Å². The third-order valence-electron chi connectivity index (χ3n) is 6.20. The number of benzene rings is 3. The molecule has 0 saturated carbocycles. The van der Waals surface area contributed by atoms with E-state index in [0.29, 0.717) is 10.7 Å². The Morgan fingerprint density at radius 2 is 1.57 bits per heavy atom. The van der Waals surface area contributed by atoms with E-state index in [9.17, 15) is 14.7 Å². The van der Waals surface area contributed by atoms with Crippen LogP contribution in [-0.2, 0) is 24.2 Å². The minimum absolute atomic E-state index is 0.104. The van der Waals surface area contributed by atoms with Gasteiger partial charge >= 0.3 is 12.0 Å². The highest BCUT2D eigenvalue weighted by atomic mass is 32.1. The summed E-state index contributed by atoms with van der Waals surface area (Å²) in [4.78, 5) is 30.0. The molecule has 1 aromatic heterocycles. The number of aromatic nitrogens is 1. The molecule has 0 atom stereocenters. The van der Waals surface area contributed by atoms with Crippen LogP contribution in [0.1, 0.15) is 36.9 Å². The van der Waals surface area contributed by atoms with E-state index in [-0.39, 0.29) is 12.0 Å². The highest BCUT2D eigenvalue weighted by molar-refractivity contribution is 7.09. The standard InChI is InChI=1S/C32H36N4O3S/c1-32(2,3)19-24-11-9-23(10-12-24)17-18-33-26-15-13-25(14-16-26)28-22-40-29(35-28)20-36(21-30(37)38)31(39)34-27-7-5-4-6-8-27/h4-16,22,33H,17-21H2,1-3H3,(H,34,39)(H,37,38). The third kappa shape index (κ3) is 8.95. The Hall–Kier alpha value is -4.17. The number of hydrogen-bond donors (Lipinski definition) is 3. The number of carbonyl (C=O) groups excluding carboxylic acids is 1. The molecule has 0 bridgehead atoms. The summed E-state index contributed by atoms with van der Waals surface area (Å²) in [6.45, 7) is 7.29. The second-order valence-electron chi connectivity index (χ2n) is 11.0. The summed E-state index contributed by atoms with van der Waals surface area (Å²) >= 11 is 1.40. The molecule has 208 valence electrons. The minimum atomic E-state index is -1.08. The summed E-state index contributed by atoms with van der Waals surface area (Å²) in [5, 5.41) is 18.1. The maximum Gasteiger partial charge on any atom is 0.323 e. The van der Waals surface area contributed by atoms with E-state index in [1.54, 1.807) is 24.3 Å². The first-order chi connectivity index (χ1) is 19.1. The monoisotopic (exact) mass is 556 g/mol. The molecule has 0 aliphatic heterocycles. The van der Waals surface area contributed by atoms with Crippen molar-refractivity contribution in [1.82, 2.24) is 9.88 Å². The highest BCUT2D eigenvalue weighted by Gasteiger charge is 2.19. The van der Waals surface area contributed by atoms with Crippen LogP contribution >= 0.6 is 11.3 Å². The summed E-state index contributed by atoms with van der Waals surface area (Å²) in [6, 6.07) is 25.5. The molecular weight excluding hydrogens is 520 g/mol. The smallest absolute Gasteiger partial charge is 0.323 e. The van der Waals surface area contributed by atoms with Crippen molar-refractivity contribution in [2.75, 3.05) is 23.7 Å². The fourth-order valence-electron chi connectivity index (χ4n) is 4.31. The van der Waals surface area contributed by atoms with Crippen molar-refractivity contribution in [3.63, 3.8) is 0 Å². The van der Waals surface area contributed by atoms with Crippen LogP contribution in [0.4, 0.5) is 16.2 Å². The largest absolute Gasteiger partial charge is 0.480 e. The van der Waals surface area contributed by atoms with Crippen LogP contribution in [0.2, 0.25) is 0 Å². The van der Waals surface area contributed by atoms with E-state index in [2.05, 4.69) is 60.7 Å². The number of anilines is 2. The van der Waals surface area contributed by atoms with Crippen LogP contribution < -0.4 is 10.6 Å². The molecule has 40 heavy (non-hydrogen) atoms. The molecular formula is C32H36N4O3S. The average Bonchev–Trinajstić information content (AvgIpc) is 3.38. The molecule has 3 N–H and O–H groups in total. The number of amides is 2. The van der Waals surface area contributed by atoms with E-state index in [4.69, 9.17) is 0 Å². The van der Waals surface area contributed by atoms with Crippen molar-refractivity contribution >= 4 is 34.7 Å². The lowest BCUT2D eigenvalue weighted by molar-refractivity contribution is -0.137. The van der Waals surface area contributed by atoms with Crippen LogP contribution in [0.15, 0.2) is 84.2 Å². The van der Waals surface area contributed by atoms with Gasteiger partial charge in [-0.3, -0.25) is 4.79 Å². The maximum atomic E-state index is 12.7. The second kappa shape index (κ2) is 13.3. The van der Waals surface area contributed by atoms with Gasteiger partial charge in [0, 0.05) is 28.9 Å². The number of nitrogens with one attached hydrogen (secondary N) is 2. The number of carbonyl (C=O) groups is 2. The molecule has 0 fully saturated rings. The fraction of sp³-hybridized carbons (Fsp3) is 0.281. The summed E-state index contributed by atoms with van der Waals surface area (Å²) in [5.74, 6) is -1.08. The van der Waals surface area contributed by atoms with E-state index in [0.717, 1.165) is 36.3 Å². The normalized spacial score (nSPS) is 11.2. The lowest BCUT2D eigenvalue weighted by atomic mass is 9.88. The van der Waals surface area contributed by atoms with Crippen LogP contribution in [0, 0.1) is 5.41 Å². The van der Waals surface area contributed by atoms with Gasteiger partial charge in [-0.2, -0.15) is 0 Å². The molecule has 0 spiro atoms. The quantitative estimate of drug-likeness (QED) is 0.182. The Kier molecular flexibility index (Phi) is 9.56. The molecule has 0 aliphatic carbocycles. The highest BCUT2D eigenvalue weighted by Crippen LogP contribution is 2.25. The summed E-state index contributed by atoms with van der Waals surface area (Å²) < 4.78 is 0. The van der Waals surface area contributed by atoms with Gasteiger partial charge in [0.1, 0.15) is 11.6 Å². The van der Waals surface area contributed by atoms with Gasteiger partial charge in [0.15, 0.2) is 0 Å². The molecule has 4 rings (SSSR count). The van der Waals surface area contributed by atoms with Crippen molar-refractivity contribution in [2.24, 2.45) is 5.41 Å². The Bertz CT molecular complexity index is 1390. The number of para-hydroxylation sites is 1. The predicted molar refractivity (Wildman–Crippen MR) is 163 cm³/mol. The Morgan fingerprint density at radius 1 is 0.900 bits per heavy atom. The molecule has 0 aliphatic rings. The van der Waals surface area contributed by atoms with Crippen molar-refractivity contribution in [3.8, 4) is 11.3 Å². The number of hydrogen-bond acceptors (Lipinski definition) is 5. The fourth-order valence-corrected chi connectivity index (χ4v) is 5.13. The zero-order valence-corrected chi connectivity index (χ0v) is 24.0. The molecule has 0 saturated heterocycles. The van der Waals surface area contributed by atoms with Crippen molar-refractivity contribution < 1.29 is 14.7 Å². The van der Waals surface area contributed by atoms with E-state index >= 15 is 0 Å². The topological polar surface area (TPSA) is 94.6 Å². The van der Waals surface area contributed by atoms with Gasteiger partial charge in [0.2, 0.25) is 0 Å². The molecule has 0 unspecified atom stereocenters. The number of rotatable bonds is 11.